The lowest BCUT2D eigenvalue weighted by Crippen LogP contribution is -2.35. The van der Waals surface area contributed by atoms with Gasteiger partial charge in [0.1, 0.15) is 17.4 Å². The van der Waals surface area contributed by atoms with Crippen molar-refractivity contribution in [3.05, 3.63) is 47.9 Å². The lowest BCUT2D eigenvalue weighted by molar-refractivity contribution is 0.224. The second-order valence-corrected chi connectivity index (χ2v) is 6.60. The maximum atomic E-state index is 4.29. The summed E-state index contributed by atoms with van der Waals surface area (Å²) in [5.41, 5.74) is 4.69. The molecule has 4 rings (SSSR count). The van der Waals surface area contributed by atoms with Crippen LogP contribution >= 0.6 is 0 Å². The highest BCUT2D eigenvalue weighted by Gasteiger charge is 2.18. The third-order valence-corrected chi connectivity index (χ3v) is 4.62. The van der Waals surface area contributed by atoms with E-state index in [1.165, 1.54) is 11.1 Å². The van der Waals surface area contributed by atoms with Gasteiger partial charge in [0.05, 0.1) is 6.20 Å². The molecule has 0 radical (unpaired) electrons. The summed E-state index contributed by atoms with van der Waals surface area (Å²) in [6.07, 6.45) is 4.45. The van der Waals surface area contributed by atoms with Crippen molar-refractivity contribution in [2.24, 2.45) is 5.92 Å². The van der Waals surface area contributed by atoms with E-state index in [0.29, 0.717) is 5.92 Å². The zero-order valence-electron chi connectivity index (χ0n) is 13.9. The first-order chi connectivity index (χ1) is 11.8. The van der Waals surface area contributed by atoms with E-state index in [9.17, 15) is 0 Å². The first-order valence-electron chi connectivity index (χ1n) is 8.46. The summed E-state index contributed by atoms with van der Waals surface area (Å²) in [4.78, 5) is 10.8. The van der Waals surface area contributed by atoms with Gasteiger partial charge in [-0.15, -0.1) is 0 Å². The number of aromatic nitrogens is 4. The molecular formula is C18H22N6. The van der Waals surface area contributed by atoms with Crippen LogP contribution in [0.4, 0.5) is 5.82 Å². The molecule has 1 aromatic carbocycles. The highest BCUT2D eigenvalue weighted by molar-refractivity contribution is 5.84. The first kappa shape index (κ1) is 15.1. The molecule has 6 nitrogen and oxygen atoms in total. The van der Waals surface area contributed by atoms with Crippen LogP contribution in [0.25, 0.3) is 11.0 Å². The van der Waals surface area contributed by atoms with Crippen molar-refractivity contribution in [2.75, 3.05) is 25.0 Å². The van der Waals surface area contributed by atoms with Crippen molar-refractivity contribution < 1.29 is 0 Å². The Balaban J connectivity index is 1.33. The molecule has 0 bridgehead atoms. The van der Waals surface area contributed by atoms with E-state index < -0.39 is 0 Å². The predicted octanol–water partition coefficient (Wildman–Crippen LogP) is 2.46. The molecule has 2 N–H and O–H groups in total. The molecule has 0 fully saturated rings. The number of benzene rings is 1. The van der Waals surface area contributed by atoms with Crippen LogP contribution in [0.3, 0.4) is 0 Å². The highest BCUT2D eigenvalue weighted by Crippen LogP contribution is 2.20. The number of aromatic amines is 1. The molecular weight excluding hydrogens is 300 g/mol. The Labute approximate surface area is 141 Å². The zero-order chi connectivity index (χ0) is 16.4. The van der Waals surface area contributed by atoms with Gasteiger partial charge in [0.25, 0.3) is 0 Å². The lowest BCUT2D eigenvalue weighted by Gasteiger charge is -2.30. The van der Waals surface area contributed by atoms with Crippen LogP contribution in [0.15, 0.2) is 36.8 Å². The molecule has 0 amide bonds. The van der Waals surface area contributed by atoms with E-state index >= 15 is 0 Å². The maximum absolute atomic E-state index is 4.29. The van der Waals surface area contributed by atoms with Crippen LogP contribution in [0.5, 0.6) is 0 Å². The van der Waals surface area contributed by atoms with Crippen LogP contribution in [-0.2, 0) is 13.0 Å². The number of rotatable bonds is 5. The van der Waals surface area contributed by atoms with Crippen molar-refractivity contribution in [1.29, 1.82) is 0 Å². The van der Waals surface area contributed by atoms with Gasteiger partial charge in [-0.3, -0.25) is 10.00 Å². The van der Waals surface area contributed by atoms with E-state index in [1.54, 1.807) is 12.5 Å². The Morgan fingerprint density at radius 1 is 1.29 bits per heavy atom. The topological polar surface area (TPSA) is 69.7 Å². The molecule has 0 saturated carbocycles. The number of nitrogens with one attached hydrogen (secondary N) is 2. The zero-order valence-corrected chi connectivity index (χ0v) is 13.9. The summed E-state index contributed by atoms with van der Waals surface area (Å²) >= 11 is 0. The van der Waals surface area contributed by atoms with Gasteiger partial charge < -0.3 is 5.32 Å². The fourth-order valence-corrected chi connectivity index (χ4v) is 3.38. The Bertz CT molecular complexity index is 827. The van der Waals surface area contributed by atoms with Crippen molar-refractivity contribution in [3.63, 3.8) is 0 Å². The number of H-pyrrole nitrogens is 1. The third-order valence-electron chi connectivity index (χ3n) is 4.62. The molecule has 0 saturated heterocycles. The van der Waals surface area contributed by atoms with Gasteiger partial charge in [-0.05, 0) is 23.5 Å². The number of hydrogen-bond donors (Lipinski definition) is 2. The highest BCUT2D eigenvalue weighted by atomic mass is 15.2. The molecule has 6 heteroatoms. The third kappa shape index (κ3) is 3.10. The molecule has 1 unspecified atom stereocenters. The predicted molar refractivity (Wildman–Crippen MR) is 94.8 cm³/mol. The van der Waals surface area contributed by atoms with Crippen LogP contribution < -0.4 is 5.32 Å². The lowest BCUT2D eigenvalue weighted by atomic mass is 9.99. The molecule has 3 heterocycles. The van der Waals surface area contributed by atoms with Gasteiger partial charge in [-0.25, -0.2) is 9.97 Å². The Morgan fingerprint density at radius 2 is 2.17 bits per heavy atom. The van der Waals surface area contributed by atoms with E-state index in [4.69, 9.17) is 0 Å². The molecule has 24 heavy (non-hydrogen) atoms. The summed E-state index contributed by atoms with van der Waals surface area (Å²) < 4.78 is 0. The summed E-state index contributed by atoms with van der Waals surface area (Å²) in [6, 6.07) is 8.78. The van der Waals surface area contributed by atoms with Crippen molar-refractivity contribution in [3.8, 4) is 0 Å². The summed E-state index contributed by atoms with van der Waals surface area (Å²) in [7, 11) is 0. The van der Waals surface area contributed by atoms with Crippen LogP contribution in [0.2, 0.25) is 0 Å². The molecule has 0 spiro atoms. The Kier molecular flexibility index (Phi) is 4.13. The van der Waals surface area contributed by atoms with Gasteiger partial charge in [0, 0.05) is 26.2 Å². The largest absolute Gasteiger partial charge is 0.366 e. The van der Waals surface area contributed by atoms with E-state index in [0.717, 1.165) is 49.5 Å². The molecule has 1 atom stereocenters. The van der Waals surface area contributed by atoms with Gasteiger partial charge in [0.15, 0.2) is 5.82 Å². The average Bonchev–Trinajstić information content (AvgIpc) is 3.03. The SMILES string of the molecule is CC(CNc1n[nH]c2cncnc12)CN1CCc2ccccc2C1. The van der Waals surface area contributed by atoms with Crippen molar-refractivity contribution in [2.45, 2.75) is 19.9 Å². The Hall–Kier alpha value is -2.47. The molecule has 1 aliphatic rings. The van der Waals surface area contributed by atoms with Gasteiger partial charge in [0.2, 0.25) is 0 Å². The molecule has 3 aromatic rings. The summed E-state index contributed by atoms with van der Waals surface area (Å²) in [6.45, 7) is 6.43. The van der Waals surface area contributed by atoms with Crippen LogP contribution in [-0.4, -0.2) is 44.7 Å². The average molecular weight is 322 g/mol. The quantitative estimate of drug-likeness (QED) is 0.755. The van der Waals surface area contributed by atoms with E-state index in [2.05, 4.69) is 61.6 Å². The monoisotopic (exact) mass is 322 g/mol. The molecule has 1 aliphatic heterocycles. The summed E-state index contributed by atoms with van der Waals surface area (Å²) in [5, 5.41) is 10.7. The molecule has 124 valence electrons. The fraction of sp³-hybridized carbons (Fsp3) is 0.389. The second-order valence-electron chi connectivity index (χ2n) is 6.60. The van der Waals surface area contributed by atoms with Crippen molar-refractivity contribution in [1.82, 2.24) is 25.1 Å². The minimum Gasteiger partial charge on any atom is -0.366 e. The first-order valence-corrected chi connectivity index (χ1v) is 8.46. The number of nitrogens with zero attached hydrogens (tertiary/aromatic N) is 4. The van der Waals surface area contributed by atoms with Gasteiger partial charge in [-0.1, -0.05) is 31.2 Å². The number of hydrogen-bond acceptors (Lipinski definition) is 5. The second kappa shape index (κ2) is 6.57. The van der Waals surface area contributed by atoms with Crippen LogP contribution in [0.1, 0.15) is 18.1 Å². The fourth-order valence-electron chi connectivity index (χ4n) is 3.38. The maximum Gasteiger partial charge on any atom is 0.174 e. The molecule has 2 aromatic heterocycles. The summed E-state index contributed by atoms with van der Waals surface area (Å²) in [5.74, 6) is 1.34. The normalized spacial score (nSPS) is 16.0. The minimum atomic E-state index is 0.531. The minimum absolute atomic E-state index is 0.531. The standard InChI is InChI=1S/C18H22N6/c1-13(8-20-18-17-16(22-23-18)9-19-12-21-17)10-24-7-6-14-4-2-3-5-15(14)11-24/h2-5,9,12-13H,6-8,10-11H2,1H3,(H2,20,22,23). The van der Waals surface area contributed by atoms with E-state index in [-0.39, 0.29) is 0 Å². The number of anilines is 1. The van der Waals surface area contributed by atoms with Crippen molar-refractivity contribution >= 4 is 16.9 Å². The Morgan fingerprint density at radius 3 is 3.08 bits per heavy atom. The smallest absolute Gasteiger partial charge is 0.174 e. The van der Waals surface area contributed by atoms with Gasteiger partial charge in [-0.2, -0.15) is 5.10 Å². The van der Waals surface area contributed by atoms with Gasteiger partial charge >= 0.3 is 0 Å². The number of fused-ring (bicyclic) bond motifs is 2. The van der Waals surface area contributed by atoms with Crippen LogP contribution in [0, 0.1) is 5.92 Å². The van der Waals surface area contributed by atoms with E-state index in [1.807, 2.05) is 0 Å². The molecule has 0 aliphatic carbocycles.